The van der Waals surface area contributed by atoms with E-state index in [2.05, 4.69) is 15.4 Å². The summed E-state index contributed by atoms with van der Waals surface area (Å²) in [6, 6.07) is 0. The lowest BCUT2D eigenvalue weighted by Crippen LogP contribution is -2.44. The second-order valence-electron chi connectivity index (χ2n) is 2.38. The number of hydrogen-bond donors (Lipinski definition) is 4. The van der Waals surface area contributed by atoms with Crippen molar-refractivity contribution >= 4 is 17.3 Å². The maximum absolute atomic E-state index is 5.60. The molecule has 0 aromatic carbocycles. The smallest absolute Gasteiger partial charge is 0.187 e. The molecular formula is C6H13N7. The van der Waals surface area contributed by atoms with Crippen molar-refractivity contribution in [2.75, 3.05) is 23.1 Å². The average Bonchev–Trinajstić information content (AvgIpc) is 2.10. The van der Waals surface area contributed by atoms with Gasteiger partial charge < -0.3 is 11.5 Å². The minimum atomic E-state index is 0.221. The molecule has 0 aliphatic heterocycles. The van der Waals surface area contributed by atoms with Crippen molar-refractivity contribution in [3.05, 3.63) is 6.33 Å². The van der Waals surface area contributed by atoms with Crippen LogP contribution in [0.25, 0.3) is 0 Å². The molecule has 1 aromatic rings. The van der Waals surface area contributed by atoms with Crippen LogP contribution in [0.4, 0.5) is 17.3 Å². The van der Waals surface area contributed by atoms with Crippen molar-refractivity contribution in [3.8, 4) is 0 Å². The van der Waals surface area contributed by atoms with Gasteiger partial charge in [0.1, 0.15) is 12.0 Å². The number of rotatable bonds is 3. The predicted molar refractivity (Wildman–Crippen MR) is 51.2 cm³/mol. The van der Waals surface area contributed by atoms with E-state index in [9.17, 15) is 0 Å². The van der Waals surface area contributed by atoms with Crippen LogP contribution in [-0.2, 0) is 0 Å². The van der Waals surface area contributed by atoms with E-state index >= 15 is 0 Å². The van der Waals surface area contributed by atoms with Gasteiger partial charge in [-0.1, -0.05) is 6.92 Å². The van der Waals surface area contributed by atoms with Crippen molar-refractivity contribution in [2.45, 2.75) is 6.92 Å². The molecule has 0 bridgehead atoms. The number of nitrogen functional groups attached to an aromatic ring is 2. The first-order valence-electron chi connectivity index (χ1n) is 3.81. The summed E-state index contributed by atoms with van der Waals surface area (Å²) in [6.45, 7) is 2.57. The van der Waals surface area contributed by atoms with E-state index in [0.717, 1.165) is 0 Å². The minimum Gasteiger partial charge on any atom is -0.393 e. The van der Waals surface area contributed by atoms with Gasteiger partial charge in [0.05, 0.1) is 0 Å². The van der Waals surface area contributed by atoms with Crippen LogP contribution in [0.15, 0.2) is 6.33 Å². The minimum absolute atomic E-state index is 0.221. The molecule has 0 amide bonds. The van der Waals surface area contributed by atoms with E-state index in [1.54, 1.807) is 0 Å². The maximum atomic E-state index is 5.60. The third kappa shape index (κ3) is 1.95. The van der Waals surface area contributed by atoms with E-state index in [-0.39, 0.29) is 11.5 Å². The highest BCUT2D eigenvalue weighted by Crippen LogP contribution is 2.20. The summed E-state index contributed by atoms with van der Waals surface area (Å²) in [7, 11) is 0. The van der Waals surface area contributed by atoms with Gasteiger partial charge in [-0.25, -0.2) is 26.4 Å². The Hall–Kier alpha value is -1.60. The Balaban J connectivity index is 2.93. The number of nitrogens with zero attached hydrogens (tertiary/aromatic N) is 3. The second-order valence-corrected chi connectivity index (χ2v) is 2.38. The van der Waals surface area contributed by atoms with Gasteiger partial charge >= 0.3 is 0 Å². The Bertz CT molecular complexity index is 286. The van der Waals surface area contributed by atoms with Gasteiger partial charge in [0.25, 0.3) is 0 Å². The quantitative estimate of drug-likeness (QED) is 0.345. The van der Waals surface area contributed by atoms with Gasteiger partial charge in [-0.3, -0.25) is 0 Å². The van der Waals surface area contributed by atoms with Crippen LogP contribution < -0.4 is 27.9 Å². The highest BCUT2D eigenvalue weighted by atomic mass is 15.7. The molecule has 1 heterocycles. The fraction of sp³-hybridized carbons (Fsp3) is 0.333. The molecule has 7 heteroatoms. The normalized spacial score (nSPS) is 10.0. The monoisotopic (exact) mass is 183 g/mol. The third-order valence-corrected chi connectivity index (χ3v) is 1.45. The fourth-order valence-corrected chi connectivity index (χ4v) is 0.837. The van der Waals surface area contributed by atoms with Crippen LogP contribution in [0.1, 0.15) is 6.92 Å². The zero-order chi connectivity index (χ0) is 9.84. The summed E-state index contributed by atoms with van der Waals surface area (Å²) in [4.78, 5) is 7.59. The standard InChI is InChI=1S/C6H13N7/c1-2-12-13(9)6-4(7)5(8)10-3-11-6/h3,12H,2,7,9H2,1H3,(H2,8,10,11). The van der Waals surface area contributed by atoms with Gasteiger partial charge in [0.2, 0.25) is 0 Å². The molecule has 7 nitrogen and oxygen atoms in total. The Labute approximate surface area is 75.9 Å². The Morgan fingerprint density at radius 3 is 2.77 bits per heavy atom. The first-order valence-corrected chi connectivity index (χ1v) is 3.81. The van der Waals surface area contributed by atoms with Crippen molar-refractivity contribution in [2.24, 2.45) is 5.84 Å². The first kappa shape index (κ1) is 9.49. The maximum Gasteiger partial charge on any atom is 0.187 e. The molecule has 0 spiro atoms. The number of hydrogen-bond acceptors (Lipinski definition) is 7. The molecule has 0 atom stereocenters. The summed E-state index contributed by atoms with van der Waals surface area (Å²) in [5.41, 5.74) is 14.2. The molecule has 13 heavy (non-hydrogen) atoms. The summed E-state index contributed by atoms with van der Waals surface area (Å²) in [5, 5.41) is 1.22. The second kappa shape index (κ2) is 3.87. The first-order chi connectivity index (χ1) is 6.16. The van der Waals surface area contributed by atoms with Crippen molar-refractivity contribution in [1.82, 2.24) is 15.4 Å². The van der Waals surface area contributed by atoms with Crippen LogP contribution in [0.2, 0.25) is 0 Å². The molecule has 1 aromatic heterocycles. The van der Waals surface area contributed by atoms with Crippen LogP contribution in [0.3, 0.4) is 0 Å². The number of aromatic nitrogens is 2. The molecule has 0 aliphatic rings. The molecule has 1 rings (SSSR count). The average molecular weight is 183 g/mol. The highest BCUT2D eigenvalue weighted by Gasteiger charge is 2.09. The van der Waals surface area contributed by atoms with Crippen molar-refractivity contribution in [3.63, 3.8) is 0 Å². The van der Waals surface area contributed by atoms with Crippen LogP contribution >= 0.6 is 0 Å². The number of anilines is 3. The van der Waals surface area contributed by atoms with Gasteiger partial charge in [0.15, 0.2) is 11.6 Å². The molecule has 0 aliphatic carbocycles. The van der Waals surface area contributed by atoms with Crippen molar-refractivity contribution < 1.29 is 0 Å². The van der Waals surface area contributed by atoms with E-state index in [0.29, 0.717) is 12.4 Å². The molecule has 0 saturated carbocycles. The SMILES string of the molecule is CCNN(N)c1ncnc(N)c1N. The Kier molecular flexibility index (Phi) is 2.83. The molecular weight excluding hydrogens is 170 g/mol. The zero-order valence-corrected chi connectivity index (χ0v) is 7.36. The Morgan fingerprint density at radius 2 is 2.15 bits per heavy atom. The number of nitrogens with one attached hydrogen (secondary N) is 1. The van der Waals surface area contributed by atoms with Crippen LogP contribution in [-0.4, -0.2) is 16.5 Å². The van der Waals surface area contributed by atoms with Gasteiger partial charge in [-0.15, -0.1) is 0 Å². The lowest BCUT2D eigenvalue weighted by Gasteiger charge is -2.18. The topological polar surface area (TPSA) is 119 Å². The van der Waals surface area contributed by atoms with Crippen molar-refractivity contribution in [1.29, 1.82) is 0 Å². The third-order valence-electron chi connectivity index (χ3n) is 1.45. The fourth-order valence-electron chi connectivity index (χ4n) is 0.837. The van der Waals surface area contributed by atoms with E-state index in [1.807, 2.05) is 6.92 Å². The van der Waals surface area contributed by atoms with Gasteiger partial charge in [0, 0.05) is 6.54 Å². The Morgan fingerprint density at radius 1 is 1.46 bits per heavy atom. The lowest BCUT2D eigenvalue weighted by atomic mass is 10.4. The van der Waals surface area contributed by atoms with E-state index < -0.39 is 0 Å². The molecule has 72 valence electrons. The zero-order valence-electron chi connectivity index (χ0n) is 7.36. The summed E-state index contributed by atoms with van der Waals surface area (Å²) < 4.78 is 0. The largest absolute Gasteiger partial charge is 0.393 e. The predicted octanol–water partition coefficient (Wildman–Crippen LogP) is -1.15. The lowest BCUT2D eigenvalue weighted by molar-refractivity contribution is 0.660. The molecule has 0 saturated heterocycles. The van der Waals surface area contributed by atoms with Gasteiger partial charge in [-0.2, -0.15) is 0 Å². The van der Waals surface area contributed by atoms with Crippen LogP contribution in [0.5, 0.6) is 0 Å². The summed E-state index contributed by atoms with van der Waals surface area (Å²) in [5.74, 6) is 6.16. The van der Waals surface area contributed by atoms with E-state index in [4.69, 9.17) is 17.3 Å². The number of nitrogens with two attached hydrogens (primary N) is 3. The summed E-state index contributed by atoms with van der Waals surface area (Å²) >= 11 is 0. The summed E-state index contributed by atoms with van der Waals surface area (Å²) in [6.07, 6.45) is 1.30. The molecule has 7 N–H and O–H groups in total. The molecule has 0 unspecified atom stereocenters. The van der Waals surface area contributed by atoms with Crippen LogP contribution in [0, 0.1) is 0 Å². The molecule has 0 fully saturated rings. The van der Waals surface area contributed by atoms with Gasteiger partial charge in [-0.05, 0) is 0 Å². The number of hydrazine groups is 2. The highest BCUT2D eigenvalue weighted by molar-refractivity contribution is 5.72. The molecule has 0 radical (unpaired) electrons. The van der Waals surface area contributed by atoms with E-state index in [1.165, 1.54) is 11.4 Å².